The van der Waals surface area contributed by atoms with Gasteiger partial charge in [0.1, 0.15) is 0 Å². The highest BCUT2D eigenvalue weighted by Crippen LogP contribution is 2.27. The molecule has 1 fully saturated rings. The van der Waals surface area contributed by atoms with Crippen molar-refractivity contribution in [1.29, 1.82) is 0 Å². The Labute approximate surface area is 163 Å². The molecule has 1 aliphatic rings. The summed E-state index contributed by atoms with van der Waals surface area (Å²) in [6.07, 6.45) is 5.89. The second-order valence-electron chi connectivity index (χ2n) is 8.54. The summed E-state index contributed by atoms with van der Waals surface area (Å²) in [7, 11) is 0. The van der Waals surface area contributed by atoms with E-state index in [1.165, 1.54) is 59.1 Å². The molecular formula is C26H40. The third-order valence-electron chi connectivity index (χ3n) is 5.59. The number of rotatable bonds is 0. The molecular weight excluding hydrogens is 312 g/mol. The van der Waals surface area contributed by atoms with Crippen LogP contribution in [0.15, 0.2) is 36.4 Å². The van der Waals surface area contributed by atoms with Crippen LogP contribution in [0.4, 0.5) is 0 Å². The van der Waals surface area contributed by atoms with E-state index in [0.717, 1.165) is 11.8 Å². The second kappa shape index (κ2) is 11.2. The first-order valence-electron chi connectivity index (χ1n) is 10.3. The van der Waals surface area contributed by atoms with Crippen LogP contribution in [0.25, 0.3) is 0 Å². The molecule has 2 aromatic rings. The lowest BCUT2D eigenvalue weighted by molar-refractivity contribution is 0.308. The fourth-order valence-corrected chi connectivity index (χ4v) is 3.32. The normalized spacial score (nSPS) is 18.9. The van der Waals surface area contributed by atoms with Gasteiger partial charge in [-0.25, -0.2) is 0 Å². The summed E-state index contributed by atoms with van der Waals surface area (Å²) in [6.45, 7) is 17.6. The van der Waals surface area contributed by atoms with Crippen LogP contribution in [0.1, 0.15) is 72.9 Å². The van der Waals surface area contributed by atoms with E-state index in [4.69, 9.17) is 0 Å². The van der Waals surface area contributed by atoms with E-state index in [1.807, 2.05) is 0 Å². The van der Waals surface area contributed by atoms with Gasteiger partial charge in [-0.1, -0.05) is 92.6 Å². The molecule has 26 heavy (non-hydrogen) atoms. The maximum absolute atomic E-state index is 2.37. The van der Waals surface area contributed by atoms with Crippen LogP contribution in [0, 0.1) is 53.4 Å². The predicted octanol–water partition coefficient (Wildman–Crippen LogP) is 8.06. The molecule has 0 N–H and O–H groups in total. The summed E-state index contributed by atoms with van der Waals surface area (Å²) in [4.78, 5) is 0. The number of hydrogen-bond acceptors (Lipinski definition) is 0. The predicted molar refractivity (Wildman–Crippen MR) is 118 cm³/mol. The molecule has 0 spiro atoms. The molecule has 0 heterocycles. The zero-order chi connectivity index (χ0) is 19.7. The van der Waals surface area contributed by atoms with Gasteiger partial charge in [-0.05, 0) is 70.1 Å². The monoisotopic (exact) mass is 352 g/mol. The Morgan fingerprint density at radius 1 is 0.538 bits per heavy atom. The standard InChI is InChI=1S/C10H14.C8H16.C8H10/c1-7-5-8(2)10(4)9(3)6-7;2*1-7-3-5-8(2)6-4-7/h5-6H,1-4H3;7-8H,3-6H2,1-2H3;3-6H,1-2H3. The first-order chi connectivity index (χ1) is 12.2. The molecule has 0 heteroatoms. The first-order valence-corrected chi connectivity index (χ1v) is 10.3. The summed E-state index contributed by atoms with van der Waals surface area (Å²) >= 11 is 0. The highest BCUT2D eigenvalue weighted by atomic mass is 14.2. The summed E-state index contributed by atoms with van der Waals surface area (Å²) in [6, 6.07) is 12.9. The van der Waals surface area contributed by atoms with Gasteiger partial charge in [0.15, 0.2) is 0 Å². The second-order valence-corrected chi connectivity index (χ2v) is 8.54. The van der Waals surface area contributed by atoms with Crippen molar-refractivity contribution in [2.45, 2.75) is 81.1 Å². The van der Waals surface area contributed by atoms with Crippen LogP contribution in [0.3, 0.4) is 0 Å². The van der Waals surface area contributed by atoms with Crippen molar-refractivity contribution in [1.82, 2.24) is 0 Å². The minimum absolute atomic E-state index is 1.02. The summed E-state index contributed by atoms with van der Waals surface area (Å²) < 4.78 is 0. The molecule has 0 aromatic heterocycles. The lowest BCUT2D eigenvalue weighted by Crippen LogP contribution is -2.08. The van der Waals surface area contributed by atoms with Gasteiger partial charge in [0.25, 0.3) is 0 Å². The molecule has 144 valence electrons. The van der Waals surface area contributed by atoms with Gasteiger partial charge in [-0.15, -0.1) is 0 Å². The summed E-state index contributed by atoms with van der Waals surface area (Å²) in [5.41, 5.74) is 8.24. The van der Waals surface area contributed by atoms with Gasteiger partial charge in [0, 0.05) is 0 Å². The smallest absolute Gasteiger partial charge is 0.0392 e. The molecule has 0 nitrogen and oxygen atoms in total. The average molecular weight is 353 g/mol. The maximum Gasteiger partial charge on any atom is -0.0392 e. The molecule has 0 atom stereocenters. The number of hydrogen-bond donors (Lipinski definition) is 0. The van der Waals surface area contributed by atoms with Gasteiger partial charge in [-0.3, -0.25) is 0 Å². The van der Waals surface area contributed by atoms with Crippen LogP contribution < -0.4 is 0 Å². The Hall–Kier alpha value is -1.56. The Morgan fingerprint density at radius 2 is 0.846 bits per heavy atom. The van der Waals surface area contributed by atoms with E-state index in [-0.39, 0.29) is 0 Å². The minimum atomic E-state index is 1.02. The van der Waals surface area contributed by atoms with Gasteiger partial charge in [0.2, 0.25) is 0 Å². The molecule has 0 unspecified atom stereocenters. The summed E-state index contributed by atoms with van der Waals surface area (Å²) in [5.74, 6) is 2.04. The molecule has 0 amide bonds. The van der Waals surface area contributed by atoms with E-state index in [0.29, 0.717) is 0 Å². The van der Waals surface area contributed by atoms with Crippen molar-refractivity contribution in [3.63, 3.8) is 0 Å². The topological polar surface area (TPSA) is 0 Å². The molecule has 0 radical (unpaired) electrons. The van der Waals surface area contributed by atoms with Gasteiger partial charge in [0.05, 0.1) is 0 Å². The van der Waals surface area contributed by atoms with E-state index in [9.17, 15) is 0 Å². The van der Waals surface area contributed by atoms with Crippen molar-refractivity contribution < 1.29 is 0 Å². The van der Waals surface area contributed by atoms with Crippen LogP contribution in [0.2, 0.25) is 0 Å². The highest BCUT2D eigenvalue weighted by Gasteiger charge is 2.13. The largest absolute Gasteiger partial charge is 0.0625 e. The highest BCUT2D eigenvalue weighted by molar-refractivity contribution is 5.36. The molecule has 0 bridgehead atoms. The minimum Gasteiger partial charge on any atom is -0.0625 e. The number of benzene rings is 2. The SMILES string of the molecule is CC1CCC(C)CC1.Cc1cc(C)c(C)c(C)c1.Cc1ccc(C)cc1. The number of aryl methyl sites for hydroxylation is 5. The Bertz CT molecular complexity index is 586. The quantitative estimate of drug-likeness (QED) is 0.450. The zero-order valence-corrected chi connectivity index (χ0v) is 18.4. The third-order valence-corrected chi connectivity index (χ3v) is 5.59. The third kappa shape index (κ3) is 8.70. The van der Waals surface area contributed by atoms with Gasteiger partial charge >= 0.3 is 0 Å². The van der Waals surface area contributed by atoms with E-state index < -0.39 is 0 Å². The van der Waals surface area contributed by atoms with Crippen LogP contribution >= 0.6 is 0 Å². The fraction of sp³-hybridized carbons (Fsp3) is 0.538. The first kappa shape index (κ1) is 22.5. The van der Waals surface area contributed by atoms with Crippen LogP contribution in [-0.2, 0) is 0 Å². The Morgan fingerprint density at radius 3 is 1.15 bits per heavy atom. The fourth-order valence-electron chi connectivity index (χ4n) is 3.32. The van der Waals surface area contributed by atoms with E-state index in [2.05, 4.69) is 91.8 Å². The molecule has 0 saturated heterocycles. The molecule has 3 rings (SSSR count). The van der Waals surface area contributed by atoms with Crippen molar-refractivity contribution in [3.05, 3.63) is 69.8 Å². The van der Waals surface area contributed by atoms with Gasteiger partial charge in [-0.2, -0.15) is 0 Å². The van der Waals surface area contributed by atoms with E-state index >= 15 is 0 Å². The maximum atomic E-state index is 2.37. The Kier molecular flexibility index (Phi) is 9.70. The molecule has 1 saturated carbocycles. The van der Waals surface area contributed by atoms with Crippen molar-refractivity contribution >= 4 is 0 Å². The molecule has 2 aromatic carbocycles. The Balaban J connectivity index is 0.000000197. The summed E-state index contributed by atoms with van der Waals surface area (Å²) in [5, 5.41) is 0. The average Bonchev–Trinajstić information content (AvgIpc) is 2.59. The van der Waals surface area contributed by atoms with Crippen molar-refractivity contribution in [3.8, 4) is 0 Å². The van der Waals surface area contributed by atoms with Crippen molar-refractivity contribution in [2.75, 3.05) is 0 Å². The van der Waals surface area contributed by atoms with E-state index in [1.54, 1.807) is 0 Å². The lowest BCUT2D eigenvalue weighted by Gasteiger charge is -2.22. The molecule has 1 aliphatic carbocycles. The van der Waals surface area contributed by atoms with Crippen LogP contribution in [-0.4, -0.2) is 0 Å². The van der Waals surface area contributed by atoms with Crippen molar-refractivity contribution in [2.24, 2.45) is 11.8 Å². The zero-order valence-electron chi connectivity index (χ0n) is 18.4. The lowest BCUT2D eigenvalue weighted by atomic mass is 9.84. The van der Waals surface area contributed by atoms with Crippen LogP contribution in [0.5, 0.6) is 0 Å². The van der Waals surface area contributed by atoms with Gasteiger partial charge < -0.3 is 0 Å². The molecule has 0 aliphatic heterocycles.